The van der Waals surface area contributed by atoms with Gasteiger partial charge in [0.25, 0.3) is 0 Å². The summed E-state index contributed by atoms with van der Waals surface area (Å²) in [7, 11) is 0. The molecule has 0 saturated carbocycles. The van der Waals surface area contributed by atoms with Gasteiger partial charge in [0.1, 0.15) is 0 Å². The molecule has 1 aromatic rings. The molecule has 0 radical (unpaired) electrons. The van der Waals surface area contributed by atoms with E-state index < -0.39 is 5.60 Å². The fourth-order valence-corrected chi connectivity index (χ4v) is 2.91. The molecule has 0 aromatic heterocycles. The lowest BCUT2D eigenvalue weighted by molar-refractivity contribution is 0.0658. The largest absolute Gasteiger partial charge is 0.384 e. The summed E-state index contributed by atoms with van der Waals surface area (Å²) in [6.45, 7) is 0. The molecule has 72 valence electrons. The molecule has 2 nitrogen and oxygen atoms in total. The zero-order chi connectivity index (χ0) is 10.0. The van der Waals surface area contributed by atoms with E-state index in [1.54, 1.807) is 23.9 Å². The fourth-order valence-electron chi connectivity index (χ4n) is 1.64. The summed E-state index contributed by atoms with van der Waals surface area (Å²) in [4.78, 5) is 0. The van der Waals surface area contributed by atoms with Crippen molar-refractivity contribution < 1.29 is 5.11 Å². The van der Waals surface area contributed by atoms with Gasteiger partial charge in [-0.1, -0.05) is 12.1 Å². The first-order valence-corrected chi connectivity index (χ1v) is 5.71. The number of nitriles is 1. The summed E-state index contributed by atoms with van der Waals surface area (Å²) >= 11 is 1.77. The van der Waals surface area contributed by atoms with E-state index in [4.69, 9.17) is 5.26 Å². The average molecular weight is 205 g/mol. The molecule has 1 N–H and O–H groups in total. The molecule has 0 spiro atoms. The fraction of sp³-hybridized carbons (Fsp3) is 0.364. The van der Waals surface area contributed by atoms with Crippen LogP contribution in [0.4, 0.5) is 0 Å². The van der Waals surface area contributed by atoms with Gasteiger partial charge < -0.3 is 5.11 Å². The van der Waals surface area contributed by atoms with Gasteiger partial charge in [0.2, 0.25) is 0 Å². The summed E-state index contributed by atoms with van der Waals surface area (Å²) in [6.07, 6.45) is 0.809. The standard InChI is InChI=1S/C11H11NOS/c12-7-9-1-3-10(4-2-9)11(13)5-6-14-8-11/h1-4,13H,5-6,8H2/t11-/m0/s1. The van der Waals surface area contributed by atoms with Crippen molar-refractivity contribution in [1.82, 2.24) is 0 Å². The molecule has 1 aromatic carbocycles. The number of rotatable bonds is 1. The molecule has 3 heteroatoms. The first-order chi connectivity index (χ1) is 6.74. The highest BCUT2D eigenvalue weighted by Gasteiger charge is 2.33. The zero-order valence-electron chi connectivity index (χ0n) is 7.73. The third kappa shape index (κ3) is 1.63. The van der Waals surface area contributed by atoms with E-state index in [1.807, 2.05) is 12.1 Å². The molecular formula is C11H11NOS. The number of benzene rings is 1. The summed E-state index contributed by atoms with van der Waals surface area (Å²) in [5.74, 6) is 1.77. The van der Waals surface area contributed by atoms with Gasteiger partial charge in [0.15, 0.2) is 0 Å². The van der Waals surface area contributed by atoms with Crippen molar-refractivity contribution in [3.8, 4) is 6.07 Å². The van der Waals surface area contributed by atoms with Crippen molar-refractivity contribution in [2.24, 2.45) is 0 Å². The van der Waals surface area contributed by atoms with E-state index >= 15 is 0 Å². The predicted molar refractivity (Wildman–Crippen MR) is 57.0 cm³/mol. The van der Waals surface area contributed by atoms with Crippen molar-refractivity contribution in [2.45, 2.75) is 12.0 Å². The van der Waals surface area contributed by atoms with Gasteiger partial charge in [-0.05, 0) is 29.9 Å². The van der Waals surface area contributed by atoms with Crippen LogP contribution < -0.4 is 0 Å². The predicted octanol–water partition coefficient (Wildman–Crippen LogP) is 1.88. The molecule has 14 heavy (non-hydrogen) atoms. The van der Waals surface area contributed by atoms with E-state index in [1.165, 1.54) is 0 Å². The van der Waals surface area contributed by atoms with Gasteiger partial charge >= 0.3 is 0 Å². The van der Waals surface area contributed by atoms with E-state index in [2.05, 4.69) is 6.07 Å². The third-order valence-electron chi connectivity index (χ3n) is 2.55. The van der Waals surface area contributed by atoms with Crippen LogP contribution in [0.2, 0.25) is 0 Å². The van der Waals surface area contributed by atoms with Gasteiger partial charge in [0, 0.05) is 5.75 Å². The summed E-state index contributed by atoms with van der Waals surface area (Å²) in [6, 6.07) is 9.29. The maximum atomic E-state index is 10.2. The van der Waals surface area contributed by atoms with Crippen molar-refractivity contribution in [3.63, 3.8) is 0 Å². The van der Waals surface area contributed by atoms with Gasteiger partial charge in [-0.15, -0.1) is 0 Å². The Hall–Kier alpha value is -0.980. The van der Waals surface area contributed by atoms with Crippen LogP contribution in [0.1, 0.15) is 17.5 Å². The molecule has 0 unspecified atom stereocenters. The van der Waals surface area contributed by atoms with E-state index in [0.717, 1.165) is 23.5 Å². The van der Waals surface area contributed by atoms with Crippen LogP contribution in [0.3, 0.4) is 0 Å². The molecule has 0 aliphatic carbocycles. The van der Waals surface area contributed by atoms with Crippen LogP contribution in [0.15, 0.2) is 24.3 Å². The van der Waals surface area contributed by atoms with E-state index in [9.17, 15) is 5.11 Å². The Morgan fingerprint density at radius 2 is 2.07 bits per heavy atom. The van der Waals surface area contributed by atoms with Crippen molar-refractivity contribution >= 4 is 11.8 Å². The highest BCUT2D eigenvalue weighted by molar-refractivity contribution is 7.99. The second kappa shape index (κ2) is 3.64. The molecule has 1 aliphatic heterocycles. The van der Waals surface area contributed by atoms with Crippen LogP contribution in [0.25, 0.3) is 0 Å². The van der Waals surface area contributed by atoms with Crippen LogP contribution in [0, 0.1) is 11.3 Å². The Morgan fingerprint density at radius 1 is 1.36 bits per heavy atom. The van der Waals surface area contributed by atoms with Crippen LogP contribution >= 0.6 is 11.8 Å². The molecule has 2 rings (SSSR count). The zero-order valence-corrected chi connectivity index (χ0v) is 8.55. The van der Waals surface area contributed by atoms with E-state index in [-0.39, 0.29) is 0 Å². The number of aliphatic hydroxyl groups is 1. The molecule has 1 atom stereocenters. The van der Waals surface area contributed by atoms with Gasteiger partial charge in [0.05, 0.1) is 17.2 Å². The maximum absolute atomic E-state index is 10.2. The minimum atomic E-state index is -0.668. The van der Waals surface area contributed by atoms with Gasteiger partial charge in [-0.3, -0.25) is 0 Å². The van der Waals surface area contributed by atoms with Crippen molar-refractivity contribution in [3.05, 3.63) is 35.4 Å². The minimum Gasteiger partial charge on any atom is -0.384 e. The quantitative estimate of drug-likeness (QED) is 0.761. The number of hydrogen-bond acceptors (Lipinski definition) is 3. The SMILES string of the molecule is N#Cc1ccc([C@]2(O)CCSC2)cc1. The first-order valence-electron chi connectivity index (χ1n) is 4.55. The lowest BCUT2D eigenvalue weighted by Gasteiger charge is -2.21. The second-order valence-corrected chi connectivity index (χ2v) is 4.63. The van der Waals surface area contributed by atoms with Crippen LogP contribution in [0.5, 0.6) is 0 Å². The Bertz CT molecular complexity index is 360. The first kappa shape index (κ1) is 9.57. The Balaban J connectivity index is 2.29. The molecular weight excluding hydrogens is 194 g/mol. The summed E-state index contributed by atoms with van der Waals surface area (Å²) in [5.41, 5.74) is 0.906. The van der Waals surface area contributed by atoms with Crippen molar-refractivity contribution in [2.75, 3.05) is 11.5 Å². The Labute approximate surface area is 87.6 Å². The molecule has 1 fully saturated rings. The summed E-state index contributed by atoms with van der Waals surface area (Å²) in [5, 5.41) is 18.9. The average Bonchev–Trinajstić information content (AvgIpc) is 2.67. The molecule has 0 amide bonds. The molecule has 1 aliphatic rings. The minimum absolute atomic E-state index is 0.642. The number of nitrogens with zero attached hydrogens (tertiary/aromatic N) is 1. The normalized spacial score (nSPS) is 26.0. The highest BCUT2D eigenvalue weighted by Crippen LogP contribution is 2.36. The third-order valence-corrected chi connectivity index (χ3v) is 3.73. The summed E-state index contributed by atoms with van der Waals surface area (Å²) < 4.78 is 0. The van der Waals surface area contributed by atoms with Crippen LogP contribution in [-0.4, -0.2) is 16.6 Å². The molecule has 1 heterocycles. The van der Waals surface area contributed by atoms with E-state index in [0.29, 0.717) is 5.56 Å². The van der Waals surface area contributed by atoms with Crippen LogP contribution in [-0.2, 0) is 5.60 Å². The molecule has 0 bridgehead atoms. The lowest BCUT2D eigenvalue weighted by Crippen LogP contribution is -2.24. The van der Waals surface area contributed by atoms with Gasteiger partial charge in [-0.25, -0.2) is 0 Å². The van der Waals surface area contributed by atoms with Crippen molar-refractivity contribution in [1.29, 1.82) is 5.26 Å². The highest BCUT2D eigenvalue weighted by atomic mass is 32.2. The second-order valence-electron chi connectivity index (χ2n) is 3.52. The molecule has 1 saturated heterocycles. The monoisotopic (exact) mass is 205 g/mol. The Morgan fingerprint density at radius 3 is 2.57 bits per heavy atom. The lowest BCUT2D eigenvalue weighted by atomic mass is 9.93. The maximum Gasteiger partial charge on any atom is 0.0994 e. The number of hydrogen-bond donors (Lipinski definition) is 1. The van der Waals surface area contributed by atoms with Gasteiger partial charge in [-0.2, -0.15) is 17.0 Å². The topological polar surface area (TPSA) is 44.0 Å². The Kier molecular flexibility index (Phi) is 2.49. The smallest absolute Gasteiger partial charge is 0.0994 e. The number of thioether (sulfide) groups is 1.